The van der Waals surface area contributed by atoms with Gasteiger partial charge in [0.05, 0.1) is 0 Å². The highest BCUT2D eigenvalue weighted by Gasteiger charge is 2.25. The molecule has 1 saturated carbocycles. The molecule has 132 valence electrons. The summed E-state index contributed by atoms with van der Waals surface area (Å²) in [5.74, 6) is 1.21. The summed E-state index contributed by atoms with van der Waals surface area (Å²) in [4.78, 5) is 23.4. The van der Waals surface area contributed by atoms with E-state index in [4.69, 9.17) is 4.74 Å². The van der Waals surface area contributed by atoms with E-state index in [0.717, 1.165) is 5.92 Å². The van der Waals surface area contributed by atoms with Crippen molar-refractivity contribution < 1.29 is 14.3 Å². The average molecular weight is 323 g/mol. The van der Waals surface area contributed by atoms with Crippen molar-refractivity contribution in [1.82, 2.24) is 5.32 Å². The summed E-state index contributed by atoms with van der Waals surface area (Å²) in [6.45, 7) is 11.3. The quantitative estimate of drug-likeness (QED) is 0.453. The second kappa shape index (κ2) is 8.51. The van der Waals surface area contributed by atoms with Gasteiger partial charge in [0.2, 0.25) is 5.91 Å². The summed E-state index contributed by atoms with van der Waals surface area (Å²) < 4.78 is 5.12. The molecule has 0 radical (unpaired) electrons. The van der Waals surface area contributed by atoms with Gasteiger partial charge in [0.15, 0.2) is 5.72 Å². The molecule has 0 bridgehead atoms. The Hall–Kier alpha value is -1.32. The van der Waals surface area contributed by atoms with E-state index >= 15 is 0 Å². The molecule has 0 spiro atoms. The molecule has 1 aliphatic carbocycles. The highest BCUT2D eigenvalue weighted by molar-refractivity contribution is 5.79. The SMILES string of the molecule is CC(=O)OC(C)(C)NC(=O)CC(=CC1CCCC(C)C1)C(C)C. The first-order chi connectivity index (χ1) is 10.6. The fourth-order valence-corrected chi connectivity index (χ4v) is 3.34. The lowest BCUT2D eigenvalue weighted by atomic mass is 9.80. The van der Waals surface area contributed by atoms with E-state index in [-0.39, 0.29) is 5.91 Å². The van der Waals surface area contributed by atoms with E-state index in [1.54, 1.807) is 13.8 Å². The van der Waals surface area contributed by atoms with Crippen molar-refractivity contribution in [2.45, 2.75) is 79.4 Å². The number of hydrogen-bond acceptors (Lipinski definition) is 3. The van der Waals surface area contributed by atoms with Gasteiger partial charge in [-0.05, 0) is 44.4 Å². The Bertz CT molecular complexity index is 452. The van der Waals surface area contributed by atoms with Crippen LogP contribution in [-0.4, -0.2) is 17.6 Å². The van der Waals surface area contributed by atoms with E-state index in [1.807, 2.05) is 0 Å². The van der Waals surface area contributed by atoms with Crippen LogP contribution >= 0.6 is 0 Å². The molecule has 1 aliphatic rings. The van der Waals surface area contributed by atoms with Crippen molar-refractivity contribution >= 4 is 11.9 Å². The first-order valence-electron chi connectivity index (χ1n) is 8.80. The van der Waals surface area contributed by atoms with Gasteiger partial charge in [0.25, 0.3) is 0 Å². The molecule has 2 unspecified atom stereocenters. The molecule has 0 aromatic carbocycles. The fourth-order valence-electron chi connectivity index (χ4n) is 3.34. The van der Waals surface area contributed by atoms with Gasteiger partial charge in [-0.2, -0.15) is 0 Å². The maximum absolute atomic E-state index is 12.3. The van der Waals surface area contributed by atoms with Crippen molar-refractivity contribution in [2.24, 2.45) is 17.8 Å². The number of allylic oxidation sites excluding steroid dienone is 1. The van der Waals surface area contributed by atoms with Crippen LogP contribution in [0.5, 0.6) is 0 Å². The van der Waals surface area contributed by atoms with E-state index in [0.29, 0.717) is 18.3 Å². The molecule has 2 atom stereocenters. The summed E-state index contributed by atoms with van der Waals surface area (Å²) in [6, 6.07) is 0. The van der Waals surface area contributed by atoms with Gasteiger partial charge in [-0.15, -0.1) is 0 Å². The topological polar surface area (TPSA) is 55.4 Å². The third-order valence-electron chi connectivity index (χ3n) is 4.37. The van der Waals surface area contributed by atoms with E-state index in [9.17, 15) is 9.59 Å². The number of carbonyl (C=O) groups excluding carboxylic acids is 2. The van der Waals surface area contributed by atoms with Gasteiger partial charge in [0, 0.05) is 13.3 Å². The number of hydrogen-bond donors (Lipinski definition) is 1. The lowest BCUT2D eigenvalue weighted by Gasteiger charge is -2.27. The molecule has 0 aromatic rings. The first-order valence-corrected chi connectivity index (χ1v) is 8.80. The standard InChI is InChI=1S/C19H33NO3/c1-13(2)17(11-16-9-7-8-14(3)10-16)12-18(22)20-19(5,6)23-15(4)21/h11,13-14,16H,7-10,12H2,1-6H3,(H,20,22). The Labute approximate surface area is 141 Å². The minimum Gasteiger partial charge on any atom is -0.440 e. The Morgan fingerprint density at radius 3 is 2.48 bits per heavy atom. The molecule has 0 heterocycles. The normalized spacial score (nSPS) is 22.8. The van der Waals surface area contributed by atoms with E-state index in [1.165, 1.54) is 38.2 Å². The second-order valence-corrected chi connectivity index (χ2v) is 7.76. The average Bonchev–Trinajstić information content (AvgIpc) is 2.35. The van der Waals surface area contributed by atoms with Crippen LogP contribution in [0.25, 0.3) is 0 Å². The third kappa shape index (κ3) is 7.67. The Balaban J connectivity index is 2.68. The van der Waals surface area contributed by atoms with Crippen LogP contribution in [0.1, 0.15) is 73.6 Å². The summed E-state index contributed by atoms with van der Waals surface area (Å²) in [5.41, 5.74) is 0.213. The van der Waals surface area contributed by atoms with Crippen molar-refractivity contribution in [3.63, 3.8) is 0 Å². The molecule has 4 nitrogen and oxygen atoms in total. The Morgan fingerprint density at radius 1 is 1.30 bits per heavy atom. The van der Waals surface area contributed by atoms with Gasteiger partial charge in [-0.1, -0.05) is 45.3 Å². The Kier molecular flexibility index (Phi) is 7.30. The zero-order valence-electron chi connectivity index (χ0n) is 15.6. The van der Waals surface area contributed by atoms with Gasteiger partial charge in [0.1, 0.15) is 0 Å². The van der Waals surface area contributed by atoms with E-state index in [2.05, 4.69) is 32.2 Å². The molecule has 0 aliphatic heterocycles. The lowest BCUT2D eigenvalue weighted by Crippen LogP contribution is -2.46. The number of carbonyl (C=O) groups is 2. The monoisotopic (exact) mass is 323 g/mol. The molecule has 1 rings (SSSR count). The maximum atomic E-state index is 12.3. The highest BCUT2D eigenvalue weighted by Crippen LogP contribution is 2.31. The molecule has 23 heavy (non-hydrogen) atoms. The fraction of sp³-hybridized carbons (Fsp3) is 0.789. The van der Waals surface area contributed by atoms with Crippen LogP contribution in [-0.2, 0) is 14.3 Å². The molecular formula is C19H33NO3. The molecule has 1 fully saturated rings. The summed E-state index contributed by atoms with van der Waals surface area (Å²) >= 11 is 0. The number of ether oxygens (including phenoxy) is 1. The molecule has 1 N–H and O–H groups in total. The minimum absolute atomic E-state index is 0.0972. The summed E-state index contributed by atoms with van der Waals surface area (Å²) in [7, 11) is 0. The summed E-state index contributed by atoms with van der Waals surface area (Å²) in [6.07, 6.45) is 7.72. The van der Waals surface area contributed by atoms with Gasteiger partial charge < -0.3 is 10.1 Å². The van der Waals surface area contributed by atoms with Crippen molar-refractivity contribution in [3.8, 4) is 0 Å². The lowest BCUT2D eigenvalue weighted by molar-refractivity contribution is -0.158. The molecular weight excluding hydrogens is 290 g/mol. The van der Waals surface area contributed by atoms with Crippen LogP contribution in [0.4, 0.5) is 0 Å². The largest absolute Gasteiger partial charge is 0.440 e. The number of rotatable bonds is 6. The van der Waals surface area contributed by atoms with Crippen LogP contribution in [0.3, 0.4) is 0 Å². The highest BCUT2D eigenvalue weighted by atomic mass is 16.6. The molecule has 0 saturated heterocycles. The maximum Gasteiger partial charge on any atom is 0.304 e. The number of esters is 1. The van der Waals surface area contributed by atoms with E-state index < -0.39 is 11.7 Å². The van der Waals surface area contributed by atoms with Crippen molar-refractivity contribution in [1.29, 1.82) is 0 Å². The zero-order chi connectivity index (χ0) is 17.6. The van der Waals surface area contributed by atoms with Crippen LogP contribution in [0.2, 0.25) is 0 Å². The van der Waals surface area contributed by atoms with Crippen molar-refractivity contribution in [2.75, 3.05) is 0 Å². The van der Waals surface area contributed by atoms with Crippen LogP contribution in [0, 0.1) is 17.8 Å². The van der Waals surface area contributed by atoms with Gasteiger partial charge in [-0.25, -0.2) is 0 Å². The van der Waals surface area contributed by atoms with Gasteiger partial charge >= 0.3 is 5.97 Å². The summed E-state index contributed by atoms with van der Waals surface area (Å²) in [5, 5.41) is 2.80. The second-order valence-electron chi connectivity index (χ2n) is 7.76. The molecule has 0 aromatic heterocycles. The predicted molar refractivity (Wildman–Crippen MR) is 92.6 cm³/mol. The zero-order valence-corrected chi connectivity index (χ0v) is 15.6. The molecule has 1 amide bonds. The number of amides is 1. The smallest absolute Gasteiger partial charge is 0.304 e. The number of nitrogens with one attached hydrogen (secondary N) is 1. The molecule has 4 heteroatoms. The Morgan fingerprint density at radius 2 is 1.96 bits per heavy atom. The van der Waals surface area contributed by atoms with Crippen LogP contribution < -0.4 is 5.32 Å². The third-order valence-corrected chi connectivity index (χ3v) is 4.37. The minimum atomic E-state index is -0.968. The first kappa shape index (κ1) is 19.7. The van der Waals surface area contributed by atoms with Crippen LogP contribution in [0.15, 0.2) is 11.6 Å². The van der Waals surface area contributed by atoms with Gasteiger partial charge in [-0.3, -0.25) is 9.59 Å². The van der Waals surface area contributed by atoms with Crippen molar-refractivity contribution in [3.05, 3.63) is 11.6 Å². The predicted octanol–water partition coefficient (Wildman–Crippen LogP) is 4.20.